The normalized spacial score (nSPS) is 10.1. The van der Waals surface area contributed by atoms with Crippen molar-refractivity contribution in [2.24, 2.45) is 0 Å². The zero-order chi connectivity index (χ0) is 13.8. The van der Waals surface area contributed by atoms with Crippen LogP contribution in [0.4, 0.5) is 22.0 Å². The van der Waals surface area contributed by atoms with Gasteiger partial charge < -0.3 is 20.5 Å². The molecule has 0 saturated carbocycles. The molecule has 1 aromatic heterocycles. The SMILES string of the molecule is COc1ccc(F)c(Nc2nc(N)nc(OC)n2)c1. The zero-order valence-electron chi connectivity index (χ0n) is 10.3. The van der Waals surface area contributed by atoms with Crippen LogP contribution in [0.15, 0.2) is 18.2 Å². The summed E-state index contributed by atoms with van der Waals surface area (Å²) in [5, 5.41) is 2.69. The second kappa shape index (κ2) is 5.34. The van der Waals surface area contributed by atoms with E-state index in [-0.39, 0.29) is 23.6 Å². The molecule has 2 aromatic rings. The van der Waals surface area contributed by atoms with Crippen LogP contribution in [-0.2, 0) is 0 Å². The van der Waals surface area contributed by atoms with Crippen LogP contribution in [0.2, 0.25) is 0 Å². The highest BCUT2D eigenvalue weighted by atomic mass is 19.1. The molecule has 1 aromatic carbocycles. The summed E-state index contributed by atoms with van der Waals surface area (Å²) < 4.78 is 23.5. The number of nitrogen functional groups attached to an aromatic ring is 1. The van der Waals surface area contributed by atoms with Crippen LogP contribution in [0.25, 0.3) is 0 Å². The number of hydrogen-bond acceptors (Lipinski definition) is 7. The average molecular weight is 265 g/mol. The predicted octanol–water partition coefficient (Wildman–Crippen LogP) is 1.35. The lowest BCUT2D eigenvalue weighted by Gasteiger charge is -2.08. The van der Waals surface area contributed by atoms with Crippen LogP contribution in [0, 0.1) is 5.82 Å². The maximum Gasteiger partial charge on any atom is 0.322 e. The van der Waals surface area contributed by atoms with Crippen molar-refractivity contribution in [1.82, 2.24) is 15.0 Å². The van der Waals surface area contributed by atoms with Gasteiger partial charge in [-0.25, -0.2) is 4.39 Å². The number of halogens is 1. The molecule has 19 heavy (non-hydrogen) atoms. The molecule has 3 N–H and O–H groups in total. The summed E-state index contributed by atoms with van der Waals surface area (Å²) in [6, 6.07) is 4.28. The second-order valence-corrected chi connectivity index (χ2v) is 3.47. The average Bonchev–Trinajstić information content (AvgIpc) is 2.40. The number of methoxy groups -OCH3 is 2. The topological polar surface area (TPSA) is 95.2 Å². The first-order chi connectivity index (χ1) is 9.12. The molecule has 0 spiro atoms. The minimum absolute atomic E-state index is 0.0299. The summed E-state index contributed by atoms with van der Waals surface area (Å²) in [5.74, 6) is 0.0748. The van der Waals surface area contributed by atoms with Gasteiger partial charge in [0.1, 0.15) is 11.6 Å². The van der Waals surface area contributed by atoms with Crippen molar-refractivity contribution in [3.05, 3.63) is 24.0 Å². The molecule has 0 aliphatic rings. The van der Waals surface area contributed by atoms with Gasteiger partial charge >= 0.3 is 6.01 Å². The molecule has 0 aliphatic carbocycles. The van der Waals surface area contributed by atoms with Crippen LogP contribution < -0.4 is 20.5 Å². The van der Waals surface area contributed by atoms with Crippen molar-refractivity contribution in [3.8, 4) is 11.8 Å². The van der Waals surface area contributed by atoms with Crippen molar-refractivity contribution in [3.63, 3.8) is 0 Å². The molecular formula is C11H12FN5O2. The number of rotatable bonds is 4. The van der Waals surface area contributed by atoms with E-state index in [4.69, 9.17) is 15.2 Å². The first-order valence-corrected chi connectivity index (χ1v) is 5.28. The summed E-state index contributed by atoms with van der Waals surface area (Å²) in [6.45, 7) is 0. The fraction of sp³-hybridized carbons (Fsp3) is 0.182. The van der Waals surface area contributed by atoms with Gasteiger partial charge in [0.25, 0.3) is 0 Å². The Morgan fingerprint density at radius 1 is 1.16 bits per heavy atom. The molecule has 8 heteroatoms. The monoisotopic (exact) mass is 265 g/mol. The van der Waals surface area contributed by atoms with Crippen LogP contribution in [0.1, 0.15) is 0 Å². The molecule has 100 valence electrons. The molecule has 2 rings (SSSR count). The number of nitrogens with one attached hydrogen (secondary N) is 1. The third-order valence-corrected chi connectivity index (χ3v) is 2.23. The summed E-state index contributed by atoms with van der Waals surface area (Å²) in [6.07, 6.45) is 0. The van der Waals surface area contributed by atoms with Crippen LogP contribution in [0.5, 0.6) is 11.8 Å². The van der Waals surface area contributed by atoms with Crippen LogP contribution in [-0.4, -0.2) is 29.2 Å². The van der Waals surface area contributed by atoms with E-state index >= 15 is 0 Å². The van der Waals surface area contributed by atoms with E-state index in [0.717, 1.165) is 0 Å². The third kappa shape index (κ3) is 2.97. The number of aromatic nitrogens is 3. The van der Waals surface area contributed by atoms with Crippen LogP contribution >= 0.6 is 0 Å². The number of nitrogens with zero attached hydrogens (tertiary/aromatic N) is 3. The van der Waals surface area contributed by atoms with Gasteiger partial charge in [0.2, 0.25) is 11.9 Å². The van der Waals surface area contributed by atoms with Gasteiger partial charge in [0.05, 0.1) is 19.9 Å². The Morgan fingerprint density at radius 2 is 1.95 bits per heavy atom. The Kier molecular flexibility index (Phi) is 3.60. The first kappa shape index (κ1) is 12.8. The molecule has 1 heterocycles. The van der Waals surface area contributed by atoms with Crippen molar-refractivity contribution in [2.45, 2.75) is 0 Å². The third-order valence-electron chi connectivity index (χ3n) is 2.23. The molecular weight excluding hydrogens is 253 g/mol. The minimum Gasteiger partial charge on any atom is -0.497 e. The highest BCUT2D eigenvalue weighted by molar-refractivity contribution is 5.57. The van der Waals surface area contributed by atoms with Gasteiger partial charge in [-0.1, -0.05) is 0 Å². The quantitative estimate of drug-likeness (QED) is 0.861. The van der Waals surface area contributed by atoms with Gasteiger partial charge in [0.15, 0.2) is 0 Å². The van der Waals surface area contributed by atoms with E-state index in [2.05, 4.69) is 20.3 Å². The summed E-state index contributed by atoms with van der Waals surface area (Å²) >= 11 is 0. The number of ether oxygens (including phenoxy) is 2. The Morgan fingerprint density at radius 3 is 2.63 bits per heavy atom. The van der Waals surface area contributed by atoms with Crippen molar-refractivity contribution >= 4 is 17.6 Å². The highest BCUT2D eigenvalue weighted by Crippen LogP contribution is 2.23. The van der Waals surface area contributed by atoms with Crippen molar-refractivity contribution in [2.75, 3.05) is 25.3 Å². The lowest BCUT2D eigenvalue weighted by molar-refractivity contribution is 0.380. The van der Waals surface area contributed by atoms with Crippen LogP contribution in [0.3, 0.4) is 0 Å². The van der Waals surface area contributed by atoms with E-state index in [0.29, 0.717) is 5.75 Å². The molecule has 0 atom stereocenters. The summed E-state index contributed by atoms with van der Waals surface area (Å²) in [5.41, 5.74) is 5.64. The van der Waals surface area contributed by atoms with E-state index < -0.39 is 5.82 Å². The van der Waals surface area contributed by atoms with E-state index in [1.807, 2.05) is 0 Å². The Balaban J connectivity index is 2.32. The molecule has 0 amide bonds. The second-order valence-electron chi connectivity index (χ2n) is 3.47. The summed E-state index contributed by atoms with van der Waals surface area (Å²) in [4.78, 5) is 11.5. The van der Waals surface area contributed by atoms with Gasteiger partial charge in [-0.15, -0.1) is 0 Å². The first-order valence-electron chi connectivity index (χ1n) is 5.28. The maximum atomic E-state index is 13.6. The van der Waals surface area contributed by atoms with E-state index in [1.165, 1.54) is 32.4 Å². The Labute approximate surface area is 108 Å². The van der Waals surface area contributed by atoms with Gasteiger partial charge in [-0.2, -0.15) is 15.0 Å². The Bertz CT molecular complexity index is 593. The Hall–Kier alpha value is -2.64. The van der Waals surface area contributed by atoms with Gasteiger partial charge in [-0.05, 0) is 12.1 Å². The largest absolute Gasteiger partial charge is 0.497 e. The van der Waals surface area contributed by atoms with Crippen molar-refractivity contribution < 1.29 is 13.9 Å². The fourth-order valence-electron chi connectivity index (χ4n) is 1.37. The highest BCUT2D eigenvalue weighted by Gasteiger charge is 2.09. The molecule has 7 nitrogen and oxygen atoms in total. The standard InChI is InChI=1S/C11H12FN5O2/c1-18-6-3-4-7(12)8(5-6)14-10-15-9(13)16-11(17-10)19-2/h3-5H,1-2H3,(H3,13,14,15,16,17). The van der Waals surface area contributed by atoms with Gasteiger partial charge in [-0.3, -0.25) is 0 Å². The zero-order valence-corrected chi connectivity index (χ0v) is 10.3. The molecule has 0 radical (unpaired) electrons. The number of benzene rings is 1. The smallest absolute Gasteiger partial charge is 0.322 e. The molecule has 0 saturated heterocycles. The summed E-state index contributed by atoms with van der Waals surface area (Å²) in [7, 11) is 2.88. The lowest BCUT2D eigenvalue weighted by Crippen LogP contribution is -2.06. The van der Waals surface area contributed by atoms with E-state index in [9.17, 15) is 4.39 Å². The predicted molar refractivity (Wildman–Crippen MR) is 67.0 cm³/mol. The maximum absolute atomic E-state index is 13.6. The number of hydrogen-bond donors (Lipinski definition) is 2. The minimum atomic E-state index is -0.473. The number of nitrogens with two attached hydrogens (primary N) is 1. The lowest BCUT2D eigenvalue weighted by atomic mass is 10.3. The molecule has 0 unspecified atom stereocenters. The molecule has 0 bridgehead atoms. The van der Waals surface area contributed by atoms with Gasteiger partial charge in [0, 0.05) is 6.07 Å². The fourth-order valence-corrected chi connectivity index (χ4v) is 1.37. The van der Waals surface area contributed by atoms with Crippen molar-refractivity contribution in [1.29, 1.82) is 0 Å². The molecule has 0 fully saturated rings. The van der Waals surface area contributed by atoms with E-state index in [1.54, 1.807) is 0 Å². The molecule has 0 aliphatic heterocycles. The number of anilines is 3.